The van der Waals surface area contributed by atoms with Gasteiger partial charge in [0.15, 0.2) is 0 Å². The fourth-order valence-electron chi connectivity index (χ4n) is 3.10. The first kappa shape index (κ1) is 19.4. The Bertz CT molecular complexity index is 996. The lowest BCUT2D eigenvalue weighted by Gasteiger charge is -2.22. The number of aromatic nitrogens is 2. The van der Waals surface area contributed by atoms with E-state index in [0.29, 0.717) is 30.8 Å². The van der Waals surface area contributed by atoms with Gasteiger partial charge in [-0.2, -0.15) is 0 Å². The number of benzene rings is 2. The van der Waals surface area contributed by atoms with Crippen molar-refractivity contribution in [2.75, 3.05) is 25.0 Å². The Morgan fingerprint density at radius 1 is 1.21 bits per heavy atom. The third kappa shape index (κ3) is 4.49. The lowest BCUT2D eigenvalue weighted by molar-refractivity contribution is -0.134. The van der Waals surface area contributed by atoms with Gasteiger partial charge in [-0.3, -0.25) is 9.59 Å². The van der Waals surface area contributed by atoms with Gasteiger partial charge in [0.1, 0.15) is 12.4 Å². The minimum atomic E-state index is -0.977. The number of rotatable bonds is 8. The molecule has 0 radical (unpaired) electrons. The molecular formula is C21H24N4O3. The molecule has 0 saturated carbocycles. The lowest BCUT2D eigenvalue weighted by atomic mass is 10.1. The van der Waals surface area contributed by atoms with Crippen LogP contribution in [0, 0.1) is 6.92 Å². The monoisotopic (exact) mass is 380 g/mol. The van der Waals surface area contributed by atoms with Gasteiger partial charge in [-0.1, -0.05) is 18.2 Å². The number of H-pyrrole nitrogens is 1. The number of imidazole rings is 1. The standard InChI is InChI=1S/C21H24N4O3/c1-3-25(11-10-19-23-17-9-8-14(2)12-18(17)24-19)21(28)15-6-4-5-7-16(15)22-13-20(26)27/h4-9,12,22H,3,10-11,13H2,1-2H3,(H,23,24)(H,26,27). The summed E-state index contributed by atoms with van der Waals surface area (Å²) in [7, 11) is 0. The molecule has 0 unspecified atom stereocenters. The van der Waals surface area contributed by atoms with Crippen LogP contribution in [-0.2, 0) is 11.2 Å². The molecular weight excluding hydrogens is 356 g/mol. The van der Waals surface area contributed by atoms with Crippen LogP contribution in [0.2, 0.25) is 0 Å². The number of carboxylic acid groups (broad SMARTS) is 1. The smallest absolute Gasteiger partial charge is 0.322 e. The van der Waals surface area contributed by atoms with Crippen molar-refractivity contribution in [3.63, 3.8) is 0 Å². The molecule has 0 spiro atoms. The maximum Gasteiger partial charge on any atom is 0.322 e. The zero-order chi connectivity index (χ0) is 20.1. The summed E-state index contributed by atoms with van der Waals surface area (Å²) >= 11 is 0. The number of amides is 1. The molecule has 0 bridgehead atoms. The molecule has 2 aromatic carbocycles. The van der Waals surface area contributed by atoms with Crippen molar-refractivity contribution >= 4 is 28.6 Å². The number of carbonyl (C=O) groups excluding carboxylic acids is 1. The van der Waals surface area contributed by atoms with Gasteiger partial charge in [0, 0.05) is 25.2 Å². The van der Waals surface area contributed by atoms with Gasteiger partial charge < -0.3 is 20.3 Å². The van der Waals surface area contributed by atoms with Crippen LogP contribution in [0.25, 0.3) is 11.0 Å². The second kappa shape index (κ2) is 8.56. The zero-order valence-electron chi connectivity index (χ0n) is 16.0. The number of hydrogen-bond donors (Lipinski definition) is 3. The van der Waals surface area contributed by atoms with Crippen LogP contribution in [0.1, 0.15) is 28.7 Å². The molecule has 1 heterocycles. The number of fused-ring (bicyclic) bond motifs is 1. The van der Waals surface area contributed by atoms with Crippen LogP contribution in [0.5, 0.6) is 0 Å². The van der Waals surface area contributed by atoms with E-state index in [0.717, 1.165) is 16.9 Å². The average Bonchev–Trinajstić information content (AvgIpc) is 3.08. The first-order chi connectivity index (χ1) is 13.5. The first-order valence-electron chi connectivity index (χ1n) is 9.27. The molecule has 0 saturated heterocycles. The number of para-hydroxylation sites is 1. The summed E-state index contributed by atoms with van der Waals surface area (Å²) in [6.45, 7) is 4.78. The summed E-state index contributed by atoms with van der Waals surface area (Å²) in [6, 6.07) is 13.0. The fourth-order valence-corrected chi connectivity index (χ4v) is 3.10. The van der Waals surface area contributed by atoms with Crippen molar-refractivity contribution in [2.24, 2.45) is 0 Å². The van der Waals surface area contributed by atoms with Crippen LogP contribution in [0.15, 0.2) is 42.5 Å². The SMILES string of the molecule is CCN(CCc1nc2ccc(C)cc2[nH]1)C(=O)c1ccccc1NCC(=O)O. The van der Waals surface area contributed by atoms with Crippen LogP contribution in [0.4, 0.5) is 5.69 Å². The number of carbonyl (C=O) groups is 2. The molecule has 146 valence electrons. The molecule has 1 amide bonds. The summed E-state index contributed by atoms with van der Waals surface area (Å²) < 4.78 is 0. The topological polar surface area (TPSA) is 98.3 Å². The predicted molar refractivity (Wildman–Crippen MR) is 109 cm³/mol. The second-order valence-electron chi connectivity index (χ2n) is 6.63. The van der Waals surface area contributed by atoms with Crippen molar-refractivity contribution in [3.8, 4) is 0 Å². The Morgan fingerprint density at radius 3 is 2.75 bits per heavy atom. The highest BCUT2D eigenvalue weighted by Crippen LogP contribution is 2.18. The van der Waals surface area contributed by atoms with Crippen molar-refractivity contribution in [1.29, 1.82) is 0 Å². The Kier molecular flexibility index (Phi) is 5.93. The van der Waals surface area contributed by atoms with Crippen LogP contribution < -0.4 is 5.32 Å². The van der Waals surface area contributed by atoms with Crippen molar-refractivity contribution in [2.45, 2.75) is 20.3 Å². The van der Waals surface area contributed by atoms with E-state index in [2.05, 4.69) is 21.4 Å². The van der Waals surface area contributed by atoms with Gasteiger partial charge in [-0.25, -0.2) is 4.98 Å². The molecule has 1 aromatic heterocycles. The van der Waals surface area contributed by atoms with Crippen molar-refractivity contribution in [3.05, 3.63) is 59.4 Å². The van der Waals surface area contributed by atoms with E-state index in [9.17, 15) is 9.59 Å². The molecule has 3 rings (SSSR count). The molecule has 0 atom stereocenters. The lowest BCUT2D eigenvalue weighted by Crippen LogP contribution is -2.33. The van der Waals surface area contributed by atoms with Crippen molar-refractivity contribution < 1.29 is 14.7 Å². The van der Waals surface area contributed by atoms with E-state index in [4.69, 9.17) is 5.11 Å². The number of carboxylic acids is 1. The largest absolute Gasteiger partial charge is 0.480 e. The molecule has 3 aromatic rings. The molecule has 0 aliphatic heterocycles. The molecule has 0 aliphatic carbocycles. The van der Waals surface area contributed by atoms with Gasteiger partial charge >= 0.3 is 5.97 Å². The second-order valence-corrected chi connectivity index (χ2v) is 6.63. The van der Waals surface area contributed by atoms with Crippen LogP contribution in [-0.4, -0.2) is 51.5 Å². The van der Waals surface area contributed by atoms with E-state index < -0.39 is 5.97 Å². The Balaban J connectivity index is 1.72. The number of aryl methyl sites for hydroxylation is 1. The fraction of sp³-hybridized carbons (Fsp3) is 0.286. The number of aliphatic carboxylic acids is 1. The van der Waals surface area contributed by atoms with Gasteiger partial charge in [-0.05, 0) is 43.7 Å². The van der Waals surface area contributed by atoms with E-state index in [1.165, 1.54) is 5.56 Å². The summed E-state index contributed by atoms with van der Waals surface area (Å²) in [6.07, 6.45) is 0.609. The summed E-state index contributed by atoms with van der Waals surface area (Å²) in [5, 5.41) is 11.7. The highest BCUT2D eigenvalue weighted by Gasteiger charge is 2.18. The summed E-state index contributed by atoms with van der Waals surface area (Å²) in [4.78, 5) is 33.5. The Morgan fingerprint density at radius 2 is 2.00 bits per heavy atom. The molecule has 0 fully saturated rings. The highest BCUT2D eigenvalue weighted by atomic mass is 16.4. The average molecular weight is 380 g/mol. The summed E-state index contributed by atoms with van der Waals surface area (Å²) in [5.74, 6) is -0.276. The minimum Gasteiger partial charge on any atom is -0.480 e. The number of nitrogens with one attached hydrogen (secondary N) is 2. The Hall–Kier alpha value is -3.35. The Labute approximate surface area is 163 Å². The van der Waals surface area contributed by atoms with E-state index in [1.807, 2.05) is 26.0 Å². The summed E-state index contributed by atoms with van der Waals surface area (Å²) in [5.41, 5.74) is 4.06. The number of hydrogen-bond acceptors (Lipinski definition) is 4. The van der Waals surface area contributed by atoms with E-state index in [1.54, 1.807) is 29.2 Å². The molecule has 0 aliphatic rings. The van der Waals surface area contributed by atoms with Crippen LogP contribution in [0.3, 0.4) is 0 Å². The van der Waals surface area contributed by atoms with Gasteiger partial charge in [0.25, 0.3) is 5.91 Å². The zero-order valence-corrected chi connectivity index (χ0v) is 16.0. The van der Waals surface area contributed by atoms with Gasteiger partial charge in [0.05, 0.1) is 16.6 Å². The van der Waals surface area contributed by atoms with Gasteiger partial charge in [-0.15, -0.1) is 0 Å². The molecule has 3 N–H and O–H groups in total. The molecule has 28 heavy (non-hydrogen) atoms. The normalized spacial score (nSPS) is 10.8. The van der Waals surface area contributed by atoms with Gasteiger partial charge in [0.2, 0.25) is 0 Å². The third-order valence-electron chi connectivity index (χ3n) is 4.56. The molecule has 7 nitrogen and oxygen atoms in total. The number of likely N-dealkylation sites (N-methyl/N-ethyl adjacent to an activating group) is 1. The first-order valence-corrected chi connectivity index (χ1v) is 9.27. The van der Waals surface area contributed by atoms with Crippen molar-refractivity contribution in [1.82, 2.24) is 14.9 Å². The third-order valence-corrected chi connectivity index (χ3v) is 4.56. The number of anilines is 1. The maximum atomic E-state index is 13.0. The highest BCUT2D eigenvalue weighted by molar-refractivity contribution is 6.00. The maximum absolute atomic E-state index is 13.0. The van der Waals surface area contributed by atoms with Crippen LogP contribution >= 0.6 is 0 Å². The van der Waals surface area contributed by atoms with E-state index >= 15 is 0 Å². The quantitative estimate of drug-likeness (QED) is 0.558. The number of nitrogens with zero attached hydrogens (tertiary/aromatic N) is 2. The molecule has 7 heteroatoms. The predicted octanol–water partition coefficient (Wildman–Crippen LogP) is 3.07. The van der Waals surface area contributed by atoms with E-state index in [-0.39, 0.29) is 12.5 Å². The minimum absolute atomic E-state index is 0.136. The number of aromatic amines is 1.